The lowest BCUT2D eigenvalue weighted by molar-refractivity contribution is 0.0954. The van der Waals surface area contributed by atoms with E-state index < -0.39 is 0 Å². The Morgan fingerprint density at radius 1 is 1.16 bits per heavy atom. The molecule has 1 aromatic heterocycles. The van der Waals surface area contributed by atoms with Gasteiger partial charge in [0.15, 0.2) is 0 Å². The molecule has 1 aromatic carbocycles. The van der Waals surface area contributed by atoms with Crippen LogP contribution in [0, 0.1) is 0 Å². The van der Waals surface area contributed by atoms with Crippen LogP contribution in [0.3, 0.4) is 0 Å². The number of rotatable bonds is 4. The second-order valence-corrected chi connectivity index (χ2v) is 4.83. The first-order chi connectivity index (χ1) is 9.16. The molecule has 0 bridgehead atoms. The summed E-state index contributed by atoms with van der Waals surface area (Å²) in [5.74, 6) is -0.198. The Balaban J connectivity index is 1.91. The molecule has 0 radical (unpaired) electrons. The Labute approximate surface area is 121 Å². The molecule has 1 heterocycles. The molecule has 0 saturated heterocycles. The van der Waals surface area contributed by atoms with Crippen molar-refractivity contribution in [3.63, 3.8) is 0 Å². The van der Waals surface area contributed by atoms with Crippen molar-refractivity contribution >= 4 is 29.1 Å². The van der Waals surface area contributed by atoms with Gasteiger partial charge in [-0.05, 0) is 42.3 Å². The third kappa shape index (κ3) is 3.94. The molecule has 1 amide bonds. The van der Waals surface area contributed by atoms with Gasteiger partial charge in [0.25, 0.3) is 5.91 Å². The second kappa shape index (κ2) is 6.55. The predicted octanol–water partition coefficient (Wildman–Crippen LogP) is 3.36. The van der Waals surface area contributed by atoms with Gasteiger partial charge in [-0.25, -0.2) is 0 Å². The van der Waals surface area contributed by atoms with Crippen LogP contribution >= 0.6 is 23.2 Å². The predicted molar refractivity (Wildman–Crippen MR) is 76.7 cm³/mol. The van der Waals surface area contributed by atoms with Crippen LogP contribution in [0.25, 0.3) is 0 Å². The zero-order valence-corrected chi connectivity index (χ0v) is 11.6. The van der Waals surface area contributed by atoms with E-state index in [2.05, 4.69) is 10.3 Å². The molecule has 98 valence electrons. The number of nitrogens with one attached hydrogen (secondary N) is 1. The number of nitrogens with zero attached hydrogens (tertiary/aromatic N) is 1. The van der Waals surface area contributed by atoms with Gasteiger partial charge >= 0.3 is 0 Å². The molecule has 0 atom stereocenters. The minimum atomic E-state index is -0.198. The third-order valence-corrected chi connectivity index (χ3v) is 3.17. The fraction of sp³-hybridized carbons (Fsp3) is 0.143. The summed E-state index contributed by atoms with van der Waals surface area (Å²) in [5, 5.41) is 3.69. The monoisotopic (exact) mass is 294 g/mol. The van der Waals surface area contributed by atoms with E-state index in [0.29, 0.717) is 22.2 Å². The molecule has 0 aliphatic heterocycles. The normalized spacial score (nSPS) is 10.2. The first kappa shape index (κ1) is 13.8. The van der Waals surface area contributed by atoms with Crippen molar-refractivity contribution in [3.8, 4) is 0 Å². The minimum Gasteiger partial charge on any atom is -0.352 e. The summed E-state index contributed by atoms with van der Waals surface area (Å²) < 4.78 is 0. The number of hydrogen-bond donors (Lipinski definition) is 1. The topological polar surface area (TPSA) is 42.0 Å². The van der Waals surface area contributed by atoms with Gasteiger partial charge in [0.1, 0.15) is 0 Å². The highest BCUT2D eigenvalue weighted by atomic mass is 35.5. The minimum absolute atomic E-state index is 0.198. The lowest BCUT2D eigenvalue weighted by atomic mass is 10.2. The quantitative estimate of drug-likeness (QED) is 0.939. The van der Waals surface area contributed by atoms with E-state index in [0.717, 1.165) is 12.0 Å². The molecule has 2 aromatic rings. The highest BCUT2D eigenvalue weighted by molar-refractivity contribution is 6.36. The number of halogens is 2. The average Bonchev–Trinajstić information content (AvgIpc) is 2.39. The van der Waals surface area contributed by atoms with Crippen LogP contribution in [0.5, 0.6) is 0 Å². The van der Waals surface area contributed by atoms with Crippen molar-refractivity contribution < 1.29 is 4.79 Å². The van der Waals surface area contributed by atoms with Crippen molar-refractivity contribution in [2.45, 2.75) is 6.42 Å². The molecule has 0 aliphatic rings. The van der Waals surface area contributed by atoms with Crippen molar-refractivity contribution in [2.24, 2.45) is 0 Å². The van der Waals surface area contributed by atoms with Crippen molar-refractivity contribution in [3.05, 3.63) is 63.9 Å². The SMILES string of the molecule is O=C(NCCc1ccncc1)c1ccc(Cl)cc1Cl. The van der Waals surface area contributed by atoms with Gasteiger partial charge in [-0.15, -0.1) is 0 Å². The standard InChI is InChI=1S/C14H12Cl2N2O/c15-11-1-2-12(13(16)9-11)14(19)18-8-5-10-3-6-17-7-4-10/h1-4,6-7,9H,5,8H2,(H,18,19). The van der Waals surface area contributed by atoms with Gasteiger partial charge in [-0.1, -0.05) is 23.2 Å². The first-order valence-corrected chi connectivity index (χ1v) is 6.54. The molecule has 2 rings (SSSR count). The molecule has 0 saturated carbocycles. The molecule has 0 spiro atoms. The van der Waals surface area contributed by atoms with Crippen molar-refractivity contribution in [1.82, 2.24) is 10.3 Å². The van der Waals surface area contributed by atoms with E-state index in [4.69, 9.17) is 23.2 Å². The molecule has 1 N–H and O–H groups in total. The van der Waals surface area contributed by atoms with Crippen LogP contribution in [0.1, 0.15) is 15.9 Å². The van der Waals surface area contributed by atoms with E-state index in [1.54, 1.807) is 30.6 Å². The molecule has 5 heteroatoms. The van der Waals surface area contributed by atoms with Crippen LogP contribution in [-0.4, -0.2) is 17.4 Å². The van der Waals surface area contributed by atoms with Crippen LogP contribution < -0.4 is 5.32 Å². The molecule has 0 unspecified atom stereocenters. The second-order valence-electron chi connectivity index (χ2n) is 3.99. The summed E-state index contributed by atoms with van der Waals surface area (Å²) in [4.78, 5) is 15.9. The fourth-order valence-corrected chi connectivity index (χ4v) is 2.13. The number of hydrogen-bond acceptors (Lipinski definition) is 2. The number of carbonyl (C=O) groups is 1. The smallest absolute Gasteiger partial charge is 0.252 e. The van der Waals surface area contributed by atoms with E-state index in [1.165, 1.54) is 0 Å². The summed E-state index contributed by atoms with van der Waals surface area (Å²) in [6.45, 7) is 0.543. The van der Waals surface area contributed by atoms with Crippen molar-refractivity contribution in [1.29, 1.82) is 0 Å². The van der Waals surface area contributed by atoms with Gasteiger partial charge in [-0.3, -0.25) is 9.78 Å². The van der Waals surface area contributed by atoms with Crippen molar-refractivity contribution in [2.75, 3.05) is 6.54 Å². The molecule has 3 nitrogen and oxygen atoms in total. The van der Waals surface area contributed by atoms with Crippen LogP contribution in [0.4, 0.5) is 0 Å². The maximum absolute atomic E-state index is 11.9. The summed E-state index contributed by atoms with van der Waals surface area (Å²) >= 11 is 11.8. The Bertz CT molecular complexity index is 573. The maximum Gasteiger partial charge on any atom is 0.252 e. The largest absolute Gasteiger partial charge is 0.352 e. The fourth-order valence-electron chi connectivity index (χ4n) is 1.64. The van der Waals surface area contributed by atoms with Crippen LogP contribution in [0.15, 0.2) is 42.7 Å². The first-order valence-electron chi connectivity index (χ1n) is 5.79. The number of carbonyl (C=O) groups excluding carboxylic acids is 1. The van der Waals surface area contributed by atoms with E-state index in [9.17, 15) is 4.79 Å². The van der Waals surface area contributed by atoms with E-state index in [1.807, 2.05) is 12.1 Å². The molecular formula is C14H12Cl2N2O. The van der Waals surface area contributed by atoms with Gasteiger partial charge in [0.2, 0.25) is 0 Å². The Hall–Kier alpha value is -1.58. The lowest BCUT2D eigenvalue weighted by Gasteiger charge is -2.07. The van der Waals surface area contributed by atoms with Gasteiger partial charge < -0.3 is 5.32 Å². The van der Waals surface area contributed by atoms with Gasteiger partial charge in [-0.2, -0.15) is 0 Å². The highest BCUT2D eigenvalue weighted by Gasteiger charge is 2.09. The summed E-state index contributed by atoms with van der Waals surface area (Å²) in [7, 11) is 0. The van der Waals surface area contributed by atoms with Crippen LogP contribution in [0.2, 0.25) is 10.0 Å². The molecule has 0 aliphatic carbocycles. The summed E-state index contributed by atoms with van der Waals surface area (Å²) in [6.07, 6.45) is 4.21. The lowest BCUT2D eigenvalue weighted by Crippen LogP contribution is -2.25. The van der Waals surface area contributed by atoms with E-state index in [-0.39, 0.29) is 5.91 Å². The summed E-state index contributed by atoms with van der Waals surface area (Å²) in [5.41, 5.74) is 1.55. The number of aromatic nitrogens is 1. The van der Waals surface area contributed by atoms with Gasteiger partial charge in [0.05, 0.1) is 10.6 Å². The van der Waals surface area contributed by atoms with E-state index >= 15 is 0 Å². The maximum atomic E-state index is 11.9. The molecule has 0 fully saturated rings. The molecular weight excluding hydrogens is 283 g/mol. The number of benzene rings is 1. The highest BCUT2D eigenvalue weighted by Crippen LogP contribution is 2.20. The Morgan fingerprint density at radius 3 is 2.58 bits per heavy atom. The number of pyridine rings is 1. The third-order valence-electron chi connectivity index (χ3n) is 2.62. The zero-order valence-electron chi connectivity index (χ0n) is 10.1. The van der Waals surface area contributed by atoms with Gasteiger partial charge in [0, 0.05) is 24.0 Å². The summed E-state index contributed by atoms with van der Waals surface area (Å²) in [6, 6.07) is 8.65. The Morgan fingerprint density at radius 2 is 1.89 bits per heavy atom. The van der Waals surface area contributed by atoms with Crippen LogP contribution in [-0.2, 0) is 6.42 Å². The molecule has 19 heavy (non-hydrogen) atoms. The zero-order chi connectivity index (χ0) is 13.7. The average molecular weight is 295 g/mol. The Kier molecular flexibility index (Phi) is 4.77. The number of amides is 1.